The van der Waals surface area contributed by atoms with E-state index >= 15 is 0 Å². The molecule has 5 aromatic rings. The van der Waals surface area contributed by atoms with E-state index in [1.54, 1.807) is 54.6 Å². The van der Waals surface area contributed by atoms with Crippen molar-refractivity contribution in [3.63, 3.8) is 0 Å². The van der Waals surface area contributed by atoms with Crippen molar-refractivity contribution in [2.24, 2.45) is 5.10 Å². The second-order valence-corrected chi connectivity index (χ2v) is 8.97. The topological polar surface area (TPSA) is 117 Å². The summed E-state index contributed by atoms with van der Waals surface area (Å²) in [6.45, 7) is 0. The fourth-order valence-electron chi connectivity index (χ4n) is 4.24. The summed E-state index contributed by atoms with van der Waals surface area (Å²) in [5.41, 5.74) is 6.14. The van der Waals surface area contributed by atoms with Crippen molar-refractivity contribution < 1.29 is 19.1 Å². The monoisotopic (exact) mass is 548 g/mol. The Bertz CT molecular complexity index is 1810. The van der Waals surface area contributed by atoms with Crippen molar-refractivity contribution >= 4 is 40.6 Å². The first-order valence-corrected chi connectivity index (χ1v) is 12.5. The first-order chi connectivity index (χ1) is 19.5. The summed E-state index contributed by atoms with van der Waals surface area (Å²) in [6.07, 6.45) is 1.44. The molecule has 0 atom stereocenters. The summed E-state index contributed by atoms with van der Waals surface area (Å²) in [5, 5.41) is 14.7. The molecule has 0 aliphatic rings. The predicted molar refractivity (Wildman–Crippen MR) is 153 cm³/mol. The van der Waals surface area contributed by atoms with E-state index in [1.165, 1.54) is 13.3 Å². The van der Waals surface area contributed by atoms with Gasteiger partial charge in [0, 0.05) is 10.9 Å². The molecule has 196 valence electrons. The fourth-order valence-corrected chi connectivity index (χ4v) is 4.45. The molecule has 0 aliphatic heterocycles. The highest BCUT2D eigenvalue weighted by Crippen LogP contribution is 2.34. The van der Waals surface area contributed by atoms with E-state index in [0.29, 0.717) is 28.0 Å². The summed E-state index contributed by atoms with van der Waals surface area (Å²) in [6, 6.07) is 28.3. The zero-order valence-corrected chi connectivity index (χ0v) is 21.9. The molecule has 0 radical (unpaired) electrons. The third kappa shape index (κ3) is 5.27. The number of carbonyl (C=O) groups is 2. The van der Waals surface area contributed by atoms with Gasteiger partial charge in [-0.05, 0) is 47.5 Å². The Hall–Kier alpha value is -5.39. The van der Waals surface area contributed by atoms with Crippen molar-refractivity contribution in [2.45, 2.75) is 0 Å². The molecular formula is C31H21ClN4O4. The van der Waals surface area contributed by atoms with Gasteiger partial charge in [-0.25, -0.2) is 10.2 Å². The number of ether oxygens (including phenoxy) is 2. The van der Waals surface area contributed by atoms with Gasteiger partial charge in [-0.3, -0.25) is 4.79 Å². The van der Waals surface area contributed by atoms with E-state index in [9.17, 15) is 14.9 Å². The van der Waals surface area contributed by atoms with Gasteiger partial charge in [0.25, 0.3) is 5.91 Å². The maximum absolute atomic E-state index is 13.2. The molecule has 8 nitrogen and oxygen atoms in total. The molecule has 0 fully saturated rings. The van der Waals surface area contributed by atoms with Crippen LogP contribution < -0.4 is 14.9 Å². The number of carbonyl (C=O) groups excluding carboxylic acids is 2. The molecule has 0 unspecified atom stereocenters. The summed E-state index contributed by atoms with van der Waals surface area (Å²) < 4.78 is 10.9. The number of esters is 1. The highest BCUT2D eigenvalue weighted by Gasteiger charge is 2.20. The van der Waals surface area contributed by atoms with Crippen LogP contribution in [0.5, 0.6) is 11.5 Å². The number of aromatic amines is 1. The Morgan fingerprint density at radius 2 is 1.75 bits per heavy atom. The van der Waals surface area contributed by atoms with Crippen LogP contribution in [0.1, 0.15) is 32.0 Å². The molecule has 0 aliphatic carbocycles. The van der Waals surface area contributed by atoms with Crippen molar-refractivity contribution in [1.82, 2.24) is 10.4 Å². The molecule has 1 heterocycles. The summed E-state index contributed by atoms with van der Waals surface area (Å²) in [4.78, 5) is 28.9. The summed E-state index contributed by atoms with van der Waals surface area (Å²) in [7, 11) is 1.45. The highest BCUT2D eigenvalue weighted by molar-refractivity contribution is 6.33. The lowest BCUT2D eigenvalue weighted by atomic mass is 10.0. The molecule has 0 saturated heterocycles. The Morgan fingerprint density at radius 3 is 2.50 bits per heavy atom. The smallest absolute Gasteiger partial charge is 0.345 e. The van der Waals surface area contributed by atoms with Crippen molar-refractivity contribution in [2.75, 3.05) is 7.11 Å². The molecule has 1 amide bonds. The fraction of sp³-hybridized carbons (Fsp3) is 0.0323. The zero-order valence-electron chi connectivity index (χ0n) is 21.1. The van der Waals surface area contributed by atoms with E-state index in [-0.39, 0.29) is 22.0 Å². The zero-order chi connectivity index (χ0) is 28.1. The van der Waals surface area contributed by atoms with Crippen molar-refractivity contribution in [3.05, 3.63) is 118 Å². The molecule has 0 bridgehead atoms. The number of aromatic nitrogens is 1. The van der Waals surface area contributed by atoms with Crippen LogP contribution in [0.25, 0.3) is 22.0 Å². The van der Waals surface area contributed by atoms with Gasteiger partial charge in [0.05, 0.1) is 35.0 Å². The second kappa shape index (κ2) is 11.6. The Labute approximate surface area is 234 Å². The largest absolute Gasteiger partial charge is 0.493 e. The summed E-state index contributed by atoms with van der Waals surface area (Å²) in [5.74, 6) is -0.605. The number of halogens is 1. The van der Waals surface area contributed by atoms with Gasteiger partial charge in [-0.1, -0.05) is 66.2 Å². The Balaban J connectivity index is 1.37. The number of nitrogens with one attached hydrogen (secondary N) is 2. The van der Waals surface area contributed by atoms with Crippen LogP contribution in [0.4, 0.5) is 0 Å². The average Bonchev–Trinajstić information content (AvgIpc) is 3.38. The maximum Gasteiger partial charge on any atom is 0.345 e. The minimum atomic E-state index is -0.621. The number of amides is 1. The van der Waals surface area contributed by atoms with Gasteiger partial charge in [0.1, 0.15) is 11.8 Å². The standard InChI is InChI=1S/C31H21ClN4O4/c1-39-26-16-19(14-15-25(26)40-31(38)22-11-5-6-13-24(22)32)18-34-36-30(37)29-27(20-8-3-2-4-9-20)23-12-7-10-21(17-33)28(23)35-29/h2-16,18,35H,1H3,(H,36,37). The third-order valence-electron chi connectivity index (χ3n) is 6.11. The van der Waals surface area contributed by atoms with Gasteiger partial charge in [0.15, 0.2) is 11.5 Å². The maximum atomic E-state index is 13.2. The third-order valence-corrected chi connectivity index (χ3v) is 6.44. The lowest BCUT2D eigenvalue weighted by molar-refractivity contribution is 0.0729. The van der Waals surface area contributed by atoms with Crippen LogP contribution in [0.3, 0.4) is 0 Å². The molecule has 2 N–H and O–H groups in total. The lowest BCUT2D eigenvalue weighted by Gasteiger charge is -2.10. The number of hydrazone groups is 1. The van der Waals surface area contributed by atoms with E-state index in [2.05, 4.69) is 21.6 Å². The van der Waals surface area contributed by atoms with Crippen molar-refractivity contribution in [3.8, 4) is 28.7 Å². The molecule has 4 aromatic carbocycles. The van der Waals surface area contributed by atoms with E-state index in [4.69, 9.17) is 21.1 Å². The minimum absolute atomic E-state index is 0.201. The van der Waals surface area contributed by atoms with Gasteiger partial charge in [-0.15, -0.1) is 0 Å². The molecule has 0 saturated carbocycles. The van der Waals surface area contributed by atoms with E-state index < -0.39 is 11.9 Å². The van der Waals surface area contributed by atoms with E-state index in [0.717, 1.165) is 10.9 Å². The Kier molecular flexibility index (Phi) is 7.58. The second-order valence-electron chi connectivity index (χ2n) is 8.56. The van der Waals surface area contributed by atoms with Crippen LogP contribution >= 0.6 is 11.6 Å². The number of H-pyrrole nitrogens is 1. The first kappa shape index (κ1) is 26.2. The summed E-state index contributed by atoms with van der Waals surface area (Å²) >= 11 is 6.09. The van der Waals surface area contributed by atoms with Crippen LogP contribution in [0.15, 0.2) is 96.1 Å². The molecule has 40 heavy (non-hydrogen) atoms. The average molecular weight is 549 g/mol. The molecule has 1 aromatic heterocycles. The highest BCUT2D eigenvalue weighted by atomic mass is 35.5. The SMILES string of the molecule is COc1cc(C=NNC(=O)c2[nH]c3c(C#N)cccc3c2-c2ccccc2)ccc1OC(=O)c1ccccc1Cl. The number of hydrogen-bond acceptors (Lipinski definition) is 6. The van der Waals surface area contributed by atoms with Crippen LogP contribution in [-0.4, -0.2) is 30.2 Å². The first-order valence-electron chi connectivity index (χ1n) is 12.1. The molecule has 9 heteroatoms. The quantitative estimate of drug-likeness (QED) is 0.106. The number of para-hydroxylation sites is 1. The van der Waals surface area contributed by atoms with Gasteiger partial charge >= 0.3 is 5.97 Å². The Morgan fingerprint density at radius 1 is 0.975 bits per heavy atom. The number of nitrogens with zero attached hydrogens (tertiary/aromatic N) is 2. The number of benzene rings is 4. The molecular weight excluding hydrogens is 528 g/mol. The number of methoxy groups -OCH3 is 1. The van der Waals surface area contributed by atoms with Crippen LogP contribution in [-0.2, 0) is 0 Å². The normalized spacial score (nSPS) is 10.8. The van der Waals surface area contributed by atoms with Gasteiger partial charge < -0.3 is 14.5 Å². The van der Waals surface area contributed by atoms with Crippen molar-refractivity contribution in [1.29, 1.82) is 5.26 Å². The number of nitriles is 1. The number of rotatable bonds is 7. The van der Waals surface area contributed by atoms with Gasteiger partial charge in [0.2, 0.25) is 0 Å². The van der Waals surface area contributed by atoms with Gasteiger partial charge in [-0.2, -0.15) is 10.4 Å². The number of hydrogen-bond donors (Lipinski definition) is 2. The van der Waals surface area contributed by atoms with E-state index in [1.807, 2.05) is 36.4 Å². The molecule has 5 rings (SSSR count). The predicted octanol–water partition coefficient (Wildman–Crippen LogP) is 6.35. The van der Waals surface area contributed by atoms with Crippen LogP contribution in [0.2, 0.25) is 5.02 Å². The minimum Gasteiger partial charge on any atom is -0.493 e. The lowest BCUT2D eigenvalue weighted by Crippen LogP contribution is -2.18. The molecule has 0 spiro atoms. The number of fused-ring (bicyclic) bond motifs is 1. The van der Waals surface area contributed by atoms with Crippen LogP contribution in [0, 0.1) is 11.3 Å².